The number of carbonyl (C=O) groups is 2. The van der Waals surface area contributed by atoms with Crippen molar-refractivity contribution in [3.05, 3.63) is 64.2 Å². The van der Waals surface area contributed by atoms with Gasteiger partial charge in [0.05, 0.1) is 5.92 Å². The van der Waals surface area contributed by atoms with Crippen LogP contribution < -0.4 is 4.90 Å². The van der Waals surface area contributed by atoms with Crippen LogP contribution in [0.1, 0.15) is 34.3 Å². The van der Waals surface area contributed by atoms with E-state index in [2.05, 4.69) is 36.9 Å². The summed E-state index contributed by atoms with van der Waals surface area (Å²) in [6.45, 7) is 8.61. The Labute approximate surface area is 189 Å². The lowest BCUT2D eigenvalue weighted by atomic mass is 9.95. The minimum absolute atomic E-state index is 0.0419. The third kappa shape index (κ3) is 4.72. The molecule has 0 aliphatic carbocycles. The number of nitrogens with zero attached hydrogens (tertiary/aromatic N) is 3. The average molecular weight is 440 g/mol. The van der Waals surface area contributed by atoms with Crippen molar-refractivity contribution in [1.82, 2.24) is 9.80 Å². The van der Waals surface area contributed by atoms with Crippen LogP contribution in [0.3, 0.4) is 0 Å². The monoisotopic (exact) mass is 439 g/mol. The van der Waals surface area contributed by atoms with Gasteiger partial charge in [-0.2, -0.15) is 0 Å². The molecule has 2 fully saturated rings. The van der Waals surface area contributed by atoms with E-state index in [1.165, 1.54) is 16.8 Å². The number of likely N-dealkylation sites (tertiary alicyclic amines) is 1. The van der Waals surface area contributed by atoms with Crippen LogP contribution in [0.25, 0.3) is 0 Å². The van der Waals surface area contributed by atoms with E-state index < -0.39 is 0 Å². The smallest absolute Gasteiger partial charge is 0.253 e. The highest BCUT2D eigenvalue weighted by molar-refractivity contribution is 6.30. The van der Waals surface area contributed by atoms with Crippen molar-refractivity contribution >= 4 is 29.1 Å². The largest absolute Gasteiger partial charge is 0.368 e. The van der Waals surface area contributed by atoms with E-state index in [9.17, 15) is 9.59 Å². The van der Waals surface area contributed by atoms with Crippen LogP contribution in [0.15, 0.2) is 42.5 Å². The summed E-state index contributed by atoms with van der Waals surface area (Å²) in [5.74, 6) is 0.0214. The van der Waals surface area contributed by atoms with Gasteiger partial charge in [0.1, 0.15) is 0 Å². The van der Waals surface area contributed by atoms with Gasteiger partial charge in [-0.15, -0.1) is 0 Å². The van der Waals surface area contributed by atoms with E-state index in [1.54, 1.807) is 24.3 Å². The number of aryl methyl sites for hydroxylation is 1. The molecule has 2 aromatic carbocycles. The molecule has 2 aliphatic rings. The van der Waals surface area contributed by atoms with Gasteiger partial charge in [-0.1, -0.05) is 29.8 Å². The molecule has 6 heteroatoms. The highest BCUT2D eigenvalue weighted by Gasteiger charge is 2.33. The van der Waals surface area contributed by atoms with Gasteiger partial charge in [0.15, 0.2) is 0 Å². The average Bonchev–Trinajstić information content (AvgIpc) is 2.80. The molecule has 0 N–H and O–H groups in total. The molecule has 2 heterocycles. The van der Waals surface area contributed by atoms with E-state index in [0.29, 0.717) is 23.7 Å². The third-order valence-electron chi connectivity index (χ3n) is 6.64. The van der Waals surface area contributed by atoms with Gasteiger partial charge >= 0.3 is 0 Å². The minimum Gasteiger partial charge on any atom is -0.368 e. The van der Waals surface area contributed by atoms with E-state index in [1.807, 2.05) is 9.80 Å². The normalized spacial score (nSPS) is 19.5. The molecule has 2 aliphatic heterocycles. The first-order chi connectivity index (χ1) is 14.9. The number of anilines is 1. The van der Waals surface area contributed by atoms with E-state index >= 15 is 0 Å². The zero-order valence-corrected chi connectivity index (χ0v) is 19.1. The Morgan fingerprint density at radius 3 is 2.42 bits per heavy atom. The molecule has 0 radical (unpaired) electrons. The van der Waals surface area contributed by atoms with Crippen molar-refractivity contribution in [1.29, 1.82) is 0 Å². The van der Waals surface area contributed by atoms with Crippen molar-refractivity contribution < 1.29 is 9.59 Å². The summed E-state index contributed by atoms with van der Waals surface area (Å²) in [6, 6.07) is 13.4. The molecule has 0 saturated carbocycles. The Kier molecular flexibility index (Phi) is 6.51. The van der Waals surface area contributed by atoms with E-state index in [0.717, 1.165) is 39.0 Å². The molecular formula is C25H30ClN3O2. The summed E-state index contributed by atoms with van der Waals surface area (Å²) in [5.41, 5.74) is 4.46. The predicted molar refractivity (Wildman–Crippen MR) is 125 cm³/mol. The number of piperazine rings is 1. The maximum absolute atomic E-state index is 13.2. The molecule has 4 rings (SSSR count). The minimum atomic E-state index is -0.121. The highest BCUT2D eigenvalue weighted by atomic mass is 35.5. The van der Waals surface area contributed by atoms with Gasteiger partial charge in [-0.25, -0.2) is 0 Å². The number of hydrogen-bond acceptors (Lipinski definition) is 3. The number of rotatable bonds is 3. The standard InChI is InChI=1S/C25H30ClN3O2/c1-18-6-3-10-23(19(18)2)27-12-14-28(15-13-27)25(31)21-8-5-11-29(17-21)24(30)20-7-4-9-22(26)16-20/h3-4,6-7,9-10,16,21H,5,8,11-15,17H2,1-2H3/t21-/m1/s1. The van der Waals surface area contributed by atoms with Crippen LogP contribution in [0.2, 0.25) is 5.02 Å². The van der Waals surface area contributed by atoms with Gasteiger partial charge in [-0.3, -0.25) is 9.59 Å². The summed E-state index contributed by atoms with van der Waals surface area (Å²) in [7, 11) is 0. The number of benzene rings is 2. The van der Waals surface area contributed by atoms with Gasteiger partial charge < -0.3 is 14.7 Å². The first kappa shape index (κ1) is 21.7. The van der Waals surface area contributed by atoms with Crippen LogP contribution in [0.5, 0.6) is 0 Å². The number of amides is 2. The molecule has 2 amide bonds. The molecule has 1 atom stereocenters. The van der Waals surface area contributed by atoms with Crippen LogP contribution in [0, 0.1) is 19.8 Å². The van der Waals surface area contributed by atoms with Crippen molar-refractivity contribution in [2.75, 3.05) is 44.2 Å². The molecule has 2 saturated heterocycles. The first-order valence-corrected chi connectivity index (χ1v) is 11.5. The second-order valence-corrected chi connectivity index (χ2v) is 9.07. The molecule has 31 heavy (non-hydrogen) atoms. The molecule has 5 nitrogen and oxygen atoms in total. The Morgan fingerprint density at radius 1 is 0.935 bits per heavy atom. The quantitative estimate of drug-likeness (QED) is 0.721. The van der Waals surface area contributed by atoms with Gasteiger partial charge in [-0.05, 0) is 62.1 Å². The fourth-order valence-electron chi connectivity index (χ4n) is 4.67. The molecule has 2 aromatic rings. The molecule has 0 unspecified atom stereocenters. The fraction of sp³-hybridized carbons (Fsp3) is 0.440. The Bertz CT molecular complexity index is 969. The Hall–Kier alpha value is -2.53. The van der Waals surface area contributed by atoms with Crippen LogP contribution in [0.4, 0.5) is 5.69 Å². The zero-order valence-electron chi connectivity index (χ0n) is 18.3. The van der Waals surface area contributed by atoms with Gasteiger partial charge in [0.2, 0.25) is 5.91 Å². The maximum atomic E-state index is 13.2. The van der Waals surface area contributed by atoms with Crippen LogP contribution >= 0.6 is 11.6 Å². The lowest BCUT2D eigenvalue weighted by Crippen LogP contribution is -2.53. The maximum Gasteiger partial charge on any atom is 0.253 e. The second-order valence-electron chi connectivity index (χ2n) is 8.63. The second kappa shape index (κ2) is 9.31. The van der Waals surface area contributed by atoms with Crippen molar-refractivity contribution in [3.8, 4) is 0 Å². The number of halogens is 1. The van der Waals surface area contributed by atoms with Crippen molar-refractivity contribution in [2.24, 2.45) is 5.92 Å². The molecule has 0 spiro atoms. The summed E-state index contributed by atoms with van der Waals surface area (Å²) in [6.07, 6.45) is 1.69. The predicted octanol–water partition coefficient (Wildman–Crippen LogP) is 4.16. The molecule has 0 bridgehead atoms. The number of carbonyl (C=O) groups excluding carboxylic acids is 2. The lowest BCUT2D eigenvalue weighted by molar-refractivity contribution is -0.137. The summed E-state index contributed by atoms with van der Waals surface area (Å²) in [5, 5.41) is 0.553. The zero-order chi connectivity index (χ0) is 22.0. The Balaban J connectivity index is 1.36. The fourth-order valence-corrected chi connectivity index (χ4v) is 4.86. The van der Waals surface area contributed by atoms with Crippen LogP contribution in [-0.2, 0) is 4.79 Å². The first-order valence-electron chi connectivity index (χ1n) is 11.1. The summed E-state index contributed by atoms with van der Waals surface area (Å²) >= 11 is 6.05. The highest BCUT2D eigenvalue weighted by Crippen LogP contribution is 2.26. The van der Waals surface area contributed by atoms with Gasteiger partial charge in [0.25, 0.3) is 5.91 Å². The molecule has 0 aromatic heterocycles. The van der Waals surface area contributed by atoms with Crippen LogP contribution in [-0.4, -0.2) is 60.9 Å². The summed E-state index contributed by atoms with van der Waals surface area (Å²) < 4.78 is 0. The van der Waals surface area contributed by atoms with Crippen molar-refractivity contribution in [2.45, 2.75) is 26.7 Å². The molecule has 164 valence electrons. The van der Waals surface area contributed by atoms with Crippen molar-refractivity contribution in [3.63, 3.8) is 0 Å². The Morgan fingerprint density at radius 2 is 1.68 bits per heavy atom. The third-order valence-corrected chi connectivity index (χ3v) is 6.87. The molecular weight excluding hydrogens is 410 g/mol. The SMILES string of the molecule is Cc1cccc(N2CCN(C(=O)[C@@H]3CCCN(C(=O)c4cccc(Cl)c4)C3)CC2)c1C. The topological polar surface area (TPSA) is 43.9 Å². The van der Waals surface area contributed by atoms with Gasteiger partial charge in [0, 0.05) is 55.5 Å². The number of piperidine rings is 1. The number of hydrogen-bond donors (Lipinski definition) is 0. The van der Waals surface area contributed by atoms with E-state index in [-0.39, 0.29) is 17.7 Å². The lowest BCUT2D eigenvalue weighted by Gasteiger charge is -2.40. The van der Waals surface area contributed by atoms with E-state index in [4.69, 9.17) is 11.6 Å². The summed E-state index contributed by atoms with van der Waals surface area (Å²) in [4.78, 5) is 32.3.